The van der Waals surface area contributed by atoms with Crippen molar-refractivity contribution in [1.29, 1.82) is 0 Å². The van der Waals surface area contributed by atoms with Crippen LogP contribution in [0.15, 0.2) is 66.7 Å². The molecule has 1 atom stereocenters. The fraction of sp³-hybridized carbons (Fsp3) is 0.190. The third-order valence-corrected chi connectivity index (χ3v) is 4.88. The van der Waals surface area contributed by atoms with Crippen molar-refractivity contribution in [2.24, 2.45) is 0 Å². The molecule has 1 aliphatic heterocycles. The second kappa shape index (κ2) is 5.54. The fourth-order valence-electron chi connectivity index (χ4n) is 3.62. The minimum absolute atomic E-state index is 0.117. The molecule has 0 spiro atoms. The Kier molecular flexibility index (Phi) is 3.38. The highest BCUT2D eigenvalue weighted by Gasteiger charge is 2.28. The summed E-state index contributed by atoms with van der Waals surface area (Å²) in [6.45, 7) is 2.90. The van der Waals surface area contributed by atoms with Gasteiger partial charge in [0.05, 0.1) is 6.04 Å². The topological polar surface area (TPSA) is 20.3 Å². The van der Waals surface area contributed by atoms with Gasteiger partial charge in [-0.3, -0.25) is 4.79 Å². The average molecular weight is 301 g/mol. The fourth-order valence-corrected chi connectivity index (χ4v) is 3.62. The minimum atomic E-state index is 0.117. The smallest absolute Gasteiger partial charge is 0.254 e. The summed E-state index contributed by atoms with van der Waals surface area (Å²) < 4.78 is 0. The van der Waals surface area contributed by atoms with Gasteiger partial charge in [0.15, 0.2) is 0 Å². The van der Waals surface area contributed by atoms with Gasteiger partial charge >= 0.3 is 0 Å². The van der Waals surface area contributed by atoms with Crippen LogP contribution >= 0.6 is 0 Å². The molecule has 23 heavy (non-hydrogen) atoms. The molecule has 0 N–H and O–H groups in total. The van der Waals surface area contributed by atoms with Crippen LogP contribution in [0.5, 0.6) is 0 Å². The number of hydrogen-bond acceptors (Lipinski definition) is 1. The number of carbonyl (C=O) groups excluding carboxylic acids is 1. The summed E-state index contributed by atoms with van der Waals surface area (Å²) in [6.07, 6.45) is 0.928. The van der Waals surface area contributed by atoms with Crippen molar-refractivity contribution < 1.29 is 4.79 Å². The van der Waals surface area contributed by atoms with E-state index in [1.54, 1.807) is 0 Å². The Hall–Kier alpha value is -2.61. The molecular formula is C21H19NO. The maximum absolute atomic E-state index is 13.2. The number of amides is 1. The van der Waals surface area contributed by atoms with Gasteiger partial charge in [-0.05, 0) is 41.3 Å². The molecule has 0 saturated carbocycles. The van der Waals surface area contributed by atoms with E-state index in [1.807, 2.05) is 35.2 Å². The van der Waals surface area contributed by atoms with Gasteiger partial charge in [0, 0.05) is 12.1 Å². The highest BCUT2D eigenvalue weighted by Crippen LogP contribution is 2.31. The molecule has 3 aromatic carbocycles. The van der Waals surface area contributed by atoms with Gasteiger partial charge in [0.1, 0.15) is 0 Å². The molecule has 1 amide bonds. The first-order valence-electron chi connectivity index (χ1n) is 8.12. The van der Waals surface area contributed by atoms with Crippen molar-refractivity contribution in [2.75, 3.05) is 6.54 Å². The molecule has 0 fully saturated rings. The van der Waals surface area contributed by atoms with Gasteiger partial charge in [-0.25, -0.2) is 0 Å². The van der Waals surface area contributed by atoms with Gasteiger partial charge in [0.25, 0.3) is 5.91 Å². The van der Waals surface area contributed by atoms with E-state index < -0.39 is 0 Å². The van der Waals surface area contributed by atoms with Gasteiger partial charge in [-0.1, -0.05) is 60.7 Å². The molecule has 1 aliphatic rings. The van der Waals surface area contributed by atoms with E-state index in [9.17, 15) is 4.79 Å². The second-order valence-electron chi connectivity index (χ2n) is 6.15. The highest BCUT2D eigenvalue weighted by atomic mass is 16.2. The number of nitrogens with zero attached hydrogens (tertiary/aromatic N) is 1. The Morgan fingerprint density at radius 3 is 2.61 bits per heavy atom. The van der Waals surface area contributed by atoms with Crippen LogP contribution in [-0.2, 0) is 6.42 Å². The quantitative estimate of drug-likeness (QED) is 0.643. The van der Waals surface area contributed by atoms with E-state index in [1.165, 1.54) is 11.1 Å². The van der Waals surface area contributed by atoms with E-state index in [4.69, 9.17) is 0 Å². The Bertz CT molecular complexity index is 878. The maximum Gasteiger partial charge on any atom is 0.254 e. The number of fused-ring (bicyclic) bond motifs is 2. The van der Waals surface area contributed by atoms with E-state index in [-0.39, 0.29) is 11.9 Å². The molecule has 0 aromatic heterocycles. The second-order valence-corrected chi connectivity index (χ2v) is 6.15. The van der Waals surface area contributed by atoms with Gasteiger partial charge in [0.2, 0.25) is 0 Å². The van der Waals surface area contributed by atoms with E-state index in [0.717, 1.165) is 29.3 Å². The summed E-state index contributed by atoms with van der Waals surface area (Å²) in [6, 6.07) is 22.6. The normalized spacial score (nSPS) is 17.1. The first-order chi connectivity index (χ1) is 11.3. The monoisotopic (exact) mass is 301 g/mol. The van der Waals surface area contributed by atoms with Crippen LogP contribution in [-0.4, -0.2) is 17.4 Å². The Balaban J connectivity index is 1.75. The summed E-state index contributed by atoms with van der Waals surface area (Å²) in [5, 5.41) is 2.15. The number of carbonyl (C=O) groups is 1. The van der Waals surface area contributed by atoms with Crippen molar-refractivity contribution in [3.63, 3.8) is 0 Å². The molecule has 3 aromatic rings. The van der Waals surface area contributed by atoms with Crippen molar-refractivity contribution in [3.05, 3.63) is 83.4 Å². The summed E-state index contributed by atoms with van der Waals surface area (Å²) in [4.78, 5) is 15.2. The van der Waals surface area contributed by atoms with Gasteiger partial charge in [-0.15, -0.1) is 0 Å². The molecule has 2 heteroatoms. The third-order valence-electron chi connectivity index (χ3n) is 4.88. The molecular weight excluding hydrogens is 282 g/mol. The lowest BCUT2D eigenvalue weighted by Crippen LogP contribution is -2.38. The summed E-state index contributed by atoms with van der Waals surface area (Å²) in [7, 11) is 0. The van der Waals surface area contributed by atoms with E-state index in [2.05, 4.69) is 43.3 Å². The van der Waals surface area contributed by atoms with Crippen LogP contribution in [0.3, 0.4) is 0 Å². The van der Waals surface area contributed by atoms with Crippen molar-refractivity contribution in [3.8, 4) is 0 Å². The van der Waals surface area contributed by atoms with Crippen molar-refractivity contribution >= 4 is 16.7 Å². The Labute approximate surface area is 136 Å². The molecule has 114 valence electrons. The van der Waals surface area contributed by atoms with Crippen LogP contribution in [0.4, 0.5) is 0 Å². The molecule has 2 nitrogen and oxygen atoms in total. The highest BCUT2D eigenvalue weighted by molar-refractivity contribution is 6.07. The standard InChI is InChI=1S/C21H19NO/c1-15-18-10-4-2-8-17(18)13-14-22(15)21(23)20-12-6-9-16-7-3-5-11-19(16)20/h2-12,15H,13-14H2,1H3/t15-/m0/s1. The molecule has 0 saturated heterocycles. The van der Waals surface area contributed by atoms with Crippen LogP contribution in [0, 0.1) is 0 Å². The lowest BCUT2D eigenvalue weighted by atomic mass is 9.92. The minimum Gasteiger partial charge on any atom is -0.332 e. The predicted molar refractivity (Wildman–Crippen MR) is 93.5 cm³/mol. The molecule has 0 radical (unpaired) electrons. The molecule has 0 unspecified atom stereocenters. The predicted octanol–water partition coefficient (Wildman–Crippen LogP) is 4.60. The van der Waals surface area contributed by atoms with Crippen LogP contribution < -0.4 is 0 Å². The first kappa shape index (κ1) is 14.0. The van der Waals surface area contributed by atoms with Crippen LogP contribution in [0.25, 0.3) is 10.8 Å². The lowest BCUT2D eigenvalue weighted by molar-refractivity contribution is 0.0680. The summed E-state index contributed by atoms with van der Waals surface area (Å²) in [5.41, 5.74) is 3.43. The summed E-state index contributed by atoms with van der Waals surface area (Å²) in [5.74, 6) is 0.129. The number of hydrogen-bond donors (Lipinski definition) is 0. The zero-order valence-corrected chi connectivity index (χ0v) is 13.2. The Morgan fingerprint density at radius 2 is 1.70 bits per heavy atom. The third kappa shape index (κ3) is 2.31. The molecule has 4 rings (SSSR count). The van der Waals surface area contributed by atoms with Crippen LogP contribution in [0.2, 0.25) is 0 Å². The zero-order chi connectivity index (χ0) is 15.8. The van der Waals surface area contributed by atoms with E-state index >= 15 is 0 Å². The SMILES string of the molecule is C[C@H]1c2ccccc2CCN1C(=O)c1cccc2ccccc12. The van der Waals surface area contributed by atoms with Gasteiger partial charge in [-0.2, -0.15) is 0 Å². The number of benzene rings is 3. The lowest BCUT2D eigenvalue weighted by Gasteiger charge is -2.35. The first-order valence-corrected chi connectivity index (χ1v) is 8.12. The maximum atomic E-state index is 13.2. The zero-order valence-electron chi connectivity index (χ0n) is 13.2. The van der Waals surface area contributed by atoms with Crippen molar-refractivity contribution in [2.45, 2.75) is 19.4 Å². The Morgan fingerprint density at radius 1 is 0.957 bits per heavy atom. The van der Waals surface area contributed by atoms with E-state index in [0.29, 0.717) is 0 Å². The summed E-state index contributed by atoms with van der Waals surface area (Å²) >= 11 is 0. The molecule has 0 aliphatic carbocycles. The van der Waals surface area contributed by atoms with Crippen LogP contribution in [0.1, 0.15) is 34.5 Å². The number of rotatable bonds is 1. The molecule has 1 heterocycles. The van der Waals surface area contributed by atoms with Crippen molar-refractivity contribution in [1.82, 2.24) is 4.90 Å². The average Bonchev–Trinajstić information content (AvgIpc) is 2.61. The largest absolute Gasteiger partial charge is 0.332 e. The molecule has 0 bridgehead atoms. The van der Waals surface area contributed by atoms with Gasteiger partial charge < -0.3 is 4.90 Å².